The predicted octanol–water partition coefficient (Wildman–Crippen LogP) is 2.14. The minimum atomic E-state index is -1.06. The molecule has 1 unspecified atom stereocenters. The Morgan fingerprint density at radius 2 is 2.15 bits per heavy atom. The van der Waals surface area contributed by atoms with Gasteiger partial charge in [0.15, 0.2) is 0 Å². The number of piperidine rings is 1. The van der Waals surface area contributed by atoms with E-state index in [2.05, 4.69) is 0 Å². The van der Waals surface area contributed by atoms with Crippen molar-refractivity contribution in [3.63, 3.8) is 0 Å². The summed E-state index contributed by atoms with van der Waals surface area (Å²) in [6, 6.07) is 0. The molecule has 1 saturated heterocycles. The van der Waals surface area contributed by atoms with Gasteiger partial charge in [-0.2, -0.15) is 0 Å². The summed E-state index contributed by atoms with van der Waals surface area (Å²) in [6.07, 6.45) is 3.26. The van der Waals surface area contributed by atoms with Crippen LogP contribution in [0.25, 0.3) is 0 Å². The van der Waals surface area contributed by atoms with Crippen molar-refractivity contribution >= 4 is 12.1 Å². The third-order valence-electron chi connectivity index (χ3n) is 3.39. The molecule has 6 heteroatoms. The fraction of sp³-hybridized carbons (Fsp3) is 0.714. The largest absolute Gasteiger partial charge is 0.478 e. The Morgan fingerprint density at radius 1 is 1.45 bits per heavy atom. The number of likely N-dealkylation sites (tertiary alicyclic amines) is 1. The third-order valence-corrected chi connectivity index (χ3v) is 3.39. The lowest BCUT2D eigenvalue weighted by Gasteiger charge is -2.40. The number of aliphatic carboxylic acids is 1. The van der Waals surface area contributed by atoms with Crippen LogP contribution in [0.15, 0.2) is 11.8 Å². The molecule has 2 heterocycles. The lowest BCUT2D eigenvalue weighted by Crippen LogP contribution is -2.51. The van der Waals surface area contributed by atoms with Crippen LogP contribution in [0.5, 0.6) is 0 Å². The van der Waals surface area contributed by atoms with E-state index < -0.39 is 17.2 Å². The molecule has 1 amide bonds. The monoisotopic (exact) mass is 283 g/mol. The number of rotatable bonds is 1. The zero-order valence-electron chi connectivity index (χ0n) is 12.1. The van der Waals surface area contributed by atoms with E-state index in [9.17, 15) is 9.59 Å². The van der Waals surface area contributed by atoms with Crippen molar-refractivity contribution in [1.82, 2.24) is 4.90 Å². The van der Waals surface area contributed by atoms with Crippen molar-refractivity contribution in [1.29, 1.82) is 0 Å². The molecule has 0 aliphatic carbocycles. The second-order valence-electron chi connectivity index (χ2n) is 6.37. The summed E-state index contributed by atoms with van der Waals surface area (Å²) < 4.78 is 10.9. The van der Waals surface area contributed by atoms with Crippen LogP contribution >= 0.6 is 0 Å². The molecule has 1 atom stereocenters. The summed E-state index contributed by atoms with van der Waals surface area (Å²) in [6.45, 7) is 6.44. The third kappa shape index (κ3) is 3.23. The van der Waals surface area contributed by atoms with Gasteiger partial charge in [0.2, 0.25) is 5.76 Å². The van der Waals surface area contributed by atoms with Crippen LogP contribution in [0.1, 0.15) is 40.0 Å². The Hall–Kier alpha value is -1.72. The lowest BCUT2D eigenvalue weighted by molar-refractivity contribution is -0.140. The number of hydrogen-bond acceptors (Lipinski definition) is 4. The first kappa shape index (κ1) is 14.7. The van der Waals surface area contributed by atoms with Gasteiger partial charge in [-0.3, -0.25) is 0 Å². The van der Waals surface area contributed by atoms with Gasteiger partial charge in [-0.1, -0.05) is 0 Å². The second kappa shape index (κ2) is 5.00. The van der Waals surface area contributed by atoms with E-state index in [0.29, 0.717) is 19.5 Å². The summed E-state index contributed by atoms with van der Waals surface area (Å²) >= 11 is 0. The van der Waals surface area contributed by atoms with Gasteiger partial charge in [-0.15, -0.1) is 0 Å². The highest BCUT2D eigenvalue weighted by atomic mass is 16.6. The number of ether oxygens (including phenoxy) is 2. The predicted molar refractivity (Wildman–Crippen MR) is 71.2 cm³/mol. The fourth-order valence-corrected chi connectivity index (χ4v) is 2.56. The highest BCUT2D eigenvalue weighted by Crippen LogP contribution is 2.36. The number of carboxylic acids is 1. The van der Waals surface area contributed by atoms with Crippen molar-refractivity contribution in [2.75, 3.05) is 13.1 Å². The van der Waals surface area contributed by atoms with Crippen LogP contribution in [0, 0.1) is 0 Å². The topological polar surface area (TPSA) is 76.1 Å². The number of hydrogen-bond donors (Lipinski definition) is 1. The first-order valence-electron chi connectivity index (χ1n) is 6.81. The van der Waals surface area contributed by atoms with Crippen molar-refractivity contribution < 1.29 is 24.2 Å². The summed E-state index contributed by atoms with van der Waals surface area (Å²) in [7, 11) is 0. The fourth-order valence-electron chi connectivity index (χ4n) is 2.56. The standard InChI is InChI=1S/C14H21NO5/c1-13(2,3)20-12(18)15-8-4-6-14(9-15)7-5-10(19-14)11(16)17/h5H,4,6-9H2,1-3H3,(H,16,17). The van der Waals surface area contributed by atoms with Gasteiger partial charge in [0.1, 0.15) is 11.2 Å². The maximum absolute atomic E-state index is 12.1. The molecule has 112 valence electrons. The van der Waals surface area contributed by atoms with Crippen LogP contribution in [0.2, 0.25) is 0 Å². The summed E-state index contributed by atoms with van der Waals surface area (Å²) in [4.78, 5) is 24.6. The van der Waals surface area contributed by atoms with Gasteiger partial charge >= 0.3 is 12.1 Å². The van der Waals surface area contributed by atoms with Crippen LogP contribution in [0.3, 0.4) is 0 Å². The Morgan fingerprint density at radius 3 is 2.70 bits per heavy atom. The Bertz CT molecular complexity index is 451. The number of carbonyl (C=O) groups is 2. The quantitative estimate of drug-likeness (QED) is 0.798. The Balaban J connectivity index is 2.00. The van der Waals surface area contributed by atoms with Crippen molar-refractivity contribution in [2.45, 2.75) is 51.2 Å². The SMILES string of the molecule is CC(C)(C)OC(=O)N1CCCC2(CC=C(C(=O)O)O2)C1. The first-order chi connectivity index (χ1) is 9.21. The Labute approximate surface area is 118 Å². The smallest absolute Gasteiger partial charge is 0.410 e. The molecule has 1 fully saturated rings. The lowest BCUT2D eigenvalue weighted by atomic mass is 9.90. The molecule has 2 aliphatic heterocycles. The molecule has 0 bridgehead atoms. The number of nitrogens with zero attached hydrogens (tertiary/aromatic N) is 1. The maximum Gasteiger partial charge on any atom is 0.410 e. The average Bonchev–Trinajstić information content (AvgIpc) is 2.71. The van der Waals surface area contributed by atoms with Crippen molar-refractivity contribution in [3.8, 4) is 0 Å². The van der Waals surface area contributed by atoms with Gasteiger partial charge in [-0.05, 0) is 39.7 Å². The van der Waals surface area contributed by atoms with E-state index in [1.807, 2.05) is 20.8 Å². The van der Waals surface area contributed by atoms with Crippen LogP contribution in [0.4, 0.5) is 4.79 Å². The van der Waals surface area contributed by atoms with Gasteiger partial charge in [0.25, 0.3) is 0 Å². The molecule has 2 rings (SSSR count). The molecule has 0 saturated carbocycles. The van der Waals surface area contributed by atoms with Crippen LogP contribution in [-0.4, -0.2) is 46.4 Å². The molecule has 0 aromatic heterocycles. The molecule has 1 N–H and O–H groups in total. The average molecular weight is 283 g/mol. The Kier molecular flexibility index (Phi) is 3.67. The second-order valence-corrected chi connectivity index (χ2v) is 6.37. The van der Waals surface area contributed by atoms with E-state index in [4.69, 9.17) is 14.6 Å². The van der Waals surface area contributed by atoms with Gasteiger partial charge in [0, 0.05) is 13.0 Å². The molecule has 0 aromatic rings. The molecular formula is C14H21NO5. The van der Waals surface area contributed by atoms with Crippen LogP contribution < -0.4 is 0 Å². The zero-order valence-corrected chi connectivity index (χ0v) is 12.1. The van der Waals surface area contributed by atoms with Gasteiger partial charge in [-0.25, -0.2) is 9.59 Å². The van der Waals surface area contributed by atoms with Crippen LogP contribution in [-0.2, 0) is 14.3 Å². The van der Waals surface area contributed by atoms with E-state index in [-0.39, 0.29) is 11.9 Å². The maximum atomic E-state index is 12.1. The van der Waals surface area contributed by atoms with E-state index in [1.54, 1.807) is 11.0 Å². The molecule has 0 radical (unpaired) electrons. The summed E-state index contributed by atoms with van der Waals surface area (Å²) in [5, 5.41) is 8.96. The van der Waals surface area contributed by atoms with Gasteiger partial charge < -0.3 is 19.5 Å². The summed E-state index contributed by atoms with van der Waals surface area (Å²) in [5.41, 5.74) is -1.13. The summed E-state index contributed by atoms with van der Waals surface area (Å²) in [5.74, 6) is -1.08. The first-order valence-corrected chi connectivity index (χ1v) is 6.81. The number of amides is 1. The van der Waals surface area contributed by atoms with Gasteiger partial charge in [0.05, 0.1) is 6.54 Å². The van der Waals surface area contributed by atoms with Crippen molar-refractivity contribution in [3.05, 3.63) is 11.8 Å². The minimum absolute atomic E-state index is 0.0176. The van der Waals surface area contributed by atoms with E-state index >= 15 is 0 Å². The van der Waals surface area contributed by atoms with E-state index in [1.165, 1.54) is 0 Å². The molecule has 1 spiro atoms. The minimum Gasteiger partial charge on any atom is -0.478 e. The number of carboxylic acid groups (broad SMARTS) is 1. The van der Waals surface area contributed by atoms with E-state index in [0.717, 1.165) is 12.8 Å². The highest BCUT2D eigenvalue weighted by molar-refractivity contribution is 5.84. The molecule has 2 aliphatic rings. The molecule has 20 heavy (non-hydrogen) atoms. The highest BCUT2D eigenvalue weighted by Gasteiger charge is 2.44. The molecule has 6 nitrogen and oxygen atoms in total. The zero-order chi connectivity index (χ0) is 15.0. The number of carbonyl (C=O) groups excluding carboxylic acids is 1. The molecular weight excluding hydrogens is 262 g/mol. The van der Waals surface area contributed by atoms with Crippen molar-refractivity contribution in [2.24, 2.45) is 0 Å². The normalized spacial score (nSPS) is 26.1. The molecule has 0 aromatic carbocycles.